The van der Waals surface area contributed by atoms with E-state index in [-0.39, 0.29) is 90.3 Å². The Hall–Kier alpha value is -0.422. The first kappa shape index (κ1) is 61.9. The van der Waals surface area contributed by atoms with E-state index in [0.29, 0.717) is 24.7 Å². The third kappa shape index (κ3) is 32.6. The SMILES string of the molecule is CCCCCC[Te]CCCOc1cc(COc2cc(CO)cc(OCc3cc(OCCC[Te]CCCCCC)cc(OCCC[Te]CCCCCC)c3)c2)cc(OCCC[Te]CCCCCC)c1. The van der Waals surface area contributed by atoms with Gasteiger partial charge < -0.3 is 5.11 Å². The average molecular weight is 1400 g/mol. The van der Waals surface area contributed by atoms with Gasteiger partial charge in [0, 0.05) is 0 Å². The third-order valence-corrected chi connectivity index (χ3v) is 24.4. The molecule has 3 rings (SSSR count). The maximum atomic E-state index is 10.3. The number of aliphatic hydroxyl groups is 1. The summed E-state index contributed by atoms with van der Waals surface area (Å²) in [6.45, 7) is 12.6. The molecule has 0 aliphatic rings. The topological polar surface area (TPSA) is 75.6 Å². The molecule has 1 N–H and O–H groups in total. The molecule has 11 heteroatoms. The molecule has 0 saturated heterocycles. The van der Waals surface area contributed by atoms with Gasteiger partial charge in [-0.25, -0.2) is 0 Å². The molecule has 0 aromatic heterocycles. The molecule has 0 radical (unpaired) electrons. The number of benzene rings is 3. The summed E-state index contributed by atoms with van der Waals surface area (Å²) < 4.78 is 49.4. The minimum absolute atomic E-state index is 0.0774. The van der Waals surface area contributed by atoms with Crippen LogP contribution in [-0.4, -0.2) is 115 Å². The van der Waals surface area contributed by atoms with Crippen molar-refractivity contribution < 1.29 is 33.5 Å². The van der Waals surface area contributed by atoms with Gasteiger partial charge in [0.25, 0.3) is 0 Å². The van der Waals surface area contributed by atoms with Crippen molar-refractivity contribution in [2.45, 2.75) is 212 Å². The first-order chi connectivity index (χ1) is 33.6. The van der Waals surface area contributed by atoms with Crippen LogP contribution >= 0.6 is 0 Å². The van der Waals surface area contributed by atoms with E-state index in [1.165, 1.54) is 138 Å². The van der Waals surface area contributed by atoms with E-state index in [0.717, 1.165) is 91.8 Å². The van der Waals surface area contributed by atoms with E-state index in [2.05, 4.69) is 64.1 Å². The second kappa shape index (κ2) is 44.1. The summed E-state index contributed by atoms with van der Waals surface area (Å²) in [6.07, 6.45) is 26.3. The minimum atomic E-state index is -0.109. The van der Waals surface area contributed by atoms with Crippen molar-refractivity contribution in [2.24, 2.45) is 0 Å². The molecular weight excluding hydrogens is 1310 g/mol. The zero-order chi connectivity index (χ0) is 48.4. The molecule has 68 heavy (non-hydrogen) atoms. The van der Waals surface area contributed by atoms with Gasteiger partial charge in [-0.2, -0.15) is 0 Å². The summed E-state index contributed by atoms with van der Waals surface area (Å²) in [7, 11) is 0. The summed E-state index contributed by atoms with van der Waals surface area (Å²) in [5.74, 6) is 4.67. The molecule has 386 valence electrons. The fourth-order valence-electron chi connectivity index (χ4n) is 7.32. The van der Waals surface area contributed by atoms with Crippen LogP contribution in [0.5, 0.6) is 34.5 Å². The Morgan fingerprint density at radius 1 is 0.294 bits per heavy atom. The van der Waals surface area contributed by atoms with E-state index in [4.69, 9.17) is 28.4 Å². The maximum absolute atomic E-state index is 10.3. The number of ether oxygens (including phenoxy) is 6. The van der Waals surface area contributed by atoms with Crippen LogP contribution in [0.15, 0.2) is 54.6 Å². The standard InChI is InChI=1S/C57H92O7Te4/c1-5-9-13-17-29-65-33-21-25-59-52-39-50(40-53(43-52)60-26-22-34-66-30-18-14-10-6-2)47-63-56-37-49(46-58)38-57(45-56)64-48-51-41-54(61-27-23-35-67-31-19-15-11-7-3)44-55(42-51)62-28-24-36-68-32-20-16-12-8-4/h37-45,58H,5-36,46-48H2,1-4H3. The molecule has 0 fully saturated rings. The van der Waals surface area contributed by atoms with Crippen molar-refractivity contribution in [3.63, 3.8) is 0 Å². The Balaban J connectivity index is 1.63. The summed E-state index contributed by atoms with van der Waals surface area (Å²) in [5, 5.41) is 10.3. The number of rotatable bonds is 47. The molecule has 3 aromatic rings. The Morgan fingerprint density at radius 2 is 0.544 bits per heavy atom. The van der Waals surface area contributed by atoms with Crippen LogP contribution in [0.4, 0.5) is 0 Å². The van der Waals surface area contributed by atoms with Gasteiger partial charge in [0.15, 0.2) is 0 Å². The second-order valence-corrected chi connectivity index (χ2v) is 31.7. The van der Waals surface area contributed by atoms with Crippen LogP contribution < -0.4 is 28.4 Å². The van der Waals surface area contributed by atoms with Gasteiger partial charge in [0.05, 0.1) is 6.61 Å². The van der Waals surface area contributed by atoms with E-state index in [9.17, 15) is 5.11 Å². The molecule has 0 saturated carbocycles. The Kier molecular flexibility index (Phi) is 40.1. The number of hydrogen-bond acceptors (Lipinski definition) is 7. The van der Waals surface area contributed by atoms with Gasteiger partial charge >= 0.3 is 449 Å². The van der Waals surface area contributed by atoms with Crippen molar-refractivity contribution in [1.29, 1.82) is 0 Å². The number of aliphatic hydroxyl groups excluding tert-OH is 1. The average Bonchev–Trinajstić information content (AvgIpc) is 3.35. The summed E-state index contributed by atoms with van der Waals surface area (Å²) in [4.78, 5) is 0. The van der Waals surface area contributed by atoms with E-state index in [1.807, 2.05) is 18.2 Å². The summed E-state index contributed by atoms with van der Waals surface area (Å²) >= 11 is 0.310. The van der Waals surface area contributed by atoms with Gasteiger partial charge in [-0.1, -0.05) is 0 Å². The molecule has 0 bridgehead atoms. The molecule has 0 aliphatic heterocycles. The summed E-state index contributed by atoms with van der Waals surface area (Å²) in [5.41, 5.74) is 2.73. The van der Waals surface area contributed by atoms with Crippen LogP contribution in [0.3, 0.4) is 0 Å². The predicted octanol–water partition coefficient (Wildman–Crippen LogP) is 15.9. The van der Waals surface area contributed by atoms with Gasteiger partial charge in [-0.05, 0) is 0 Å². The fraction of sp³-hybridized carbons (Fsp3) is 0.684. The first-order valence-electron chi connectivity index (χ1n) is 26.7. The normalized spacial score (nSPS) is 11.2. The molecule has 0 spiro atoms. The molecule has 0 amide bonds. The van der Waals surface area contributed by atoms with Gasteiger partial charge in [-0.3, -0.25) is 0 Å². The number of unbranched alkanes of at least 4 members (excludes halogenated alkanes) is 12. The van der Waals surface area contributed by atoms with Crippen molar-refractivity contribution >= 4 is 83.7 Å². The summed E-state index contributed by atoms with van der Waals surface area (Å²) in [6, 6.07) is 18.2. The third-order valence-electron chi connectivity index (χ3n) is 11.2. The zero-order valence-corrected chi connectivity index (χ0v) is 52.3. The molecule has 0 aliphatic carbocycles. The first-order valence-corrected chi connectivity index (χ1v) is 39.9. The van der Waals surface area contributed by atoms with E-state index < -0.39 is 0 Å². The van der Waals surface area contributed by atoms with E-state index in [1.54, 1.807) is 0 Å². The molecule has 7 nitrogen and oxygen atoms in total. The van der Waals surface area contributed by atoms with E-state index >= 15 is 0 Å². The fourth-order valence-corrected chi connectivity index (χ4v) is 18.0. The van der Waals surface area contributed by atoms with Crippen molar-refractivity contribution in [2.75, 3.05) is 26.4 Å². The van der Waals surface area contributed by atoms with Crippen molar-refractivity contribution in [3.8, 4) is 34.5 Å². The Labute approximate surface area is 456 Å². The van der Waals surface area contributed by atoms with Crippen molar-refractivity contribution in [3.05, 3.63) is 71.3 Å². The Bertz CT molecular complexity index is 1450. The Morgan fingerprint density at radius 3 is 0.809 bits per heavy atom. The van der Waals surface area contributed by atoms with Gasteiger partial charge in [0.1, 0.15) is 0 Å². The molecular formula is C57H92O7Te4. The molecule has 0 atom stereocenters. The molecule has 0 heterocycles. The second-order valence-electron chi connectivity index (χ2n) is 17.7. The van der Waals surface area contributed by atoms with Gasteiger partial charge in [0.2, 0.25) is 0 Å². The van der Waals surface area contributed by atoms with Gasteiger partial charge in [-0.15, -0.1) is 0 Å². The van der Waals surface area contributed by atoms with Crippen LogP contribution in [0.1, 0.15) is 173 Å². The van der Waals surface area contributed by atoms with Crippen LogP contribution in [0.25, 0.3) is 0 Å². The van der Waals surface area contributed by atoms with Crippen LogP contribution in [-0.2, 0) is 19.8 Å². The zero-order valence-electron chi connectivity index (χ0n) is 43.0. The molecule has 0 unspecified atom stereocenters. The number of hydrogen-bond donors (Lipinski definition) is 1. The van der Waals surface area contributed by atoms with Crippen molar-refractivity contribution in [1.82, 2.24) is 0 Å². The molecule has 3 aromatic carbocycles. The quantitative estimate of drug-likeness (QED) is 0.0446. The predicted molar refractivity (Wildman–Crippen MR) is 292 cm³/mol. The van der Waals surface area contributed by atoms with Crippen LogP contribution in [0.2, 0.25) is 35.8 Å². The monoisotopic (exact) mass is 1410 g/mol. The van der Waals surface area contributed by atoms with Crippen LogP contribution in [0, 0.1) is 0 Å².